The van der Waals surface area contributed by atoms with Gasteiger partial charge in [-0.25, -0.2) is 0 Å². The normalized spacial score (nSPS) is 11.4. The molecule has 0 unspecified atom stereocenters. The van der Waals surface area contributed by atoms with Crippen molar-refractivity contribution in [2.24, 2.45) is 12.0 Å². The van der Waals surface area contributed by atoms with E-state index in [-0.39, 0.29) is 0 Å². The van der Waals surface area contributed by atoms with Gasteiger partial charge in [-0.1, -0.05) is 17.7 Å². The van der Waals surface area contributed by atoms with Crippen LogP contribution in [-0.4, -0.2) is 43.0 Å². The van der Waals surface area contributed by atoms with Crippen LogP contribution in [0.2, 0.25) is 0 Å². The third kappa shape index (κ3) is 6.14. The van der Waals surface area contributed by atoms with Crippen molar-refractivity contribution in [3.8, 4) is 5.75 Å². The van der Waals surface area contributed by atoms with Crippen molar-refractivity contribution in [1.82, 2.24) is 20.4 Å². The lowest BCUT2D eigenvalue weighted by Crippen LogP contribution is -2.38. The first kappa shape index (κ1) is 18.8. The molecule has 0 aliphatic carbocycles. The topological polar surface area (TPSA) is 63.5 Å². The Morgan fingerprint density at radius 3 is 2.72 bits per heavy atom. The lowest BCUT2D eigenvalue weighted by Gasteiger charge is -2.13. The third-order valence-electron chi connectivity index (χ3n) is 4.04. The molecule has 2 rings (SSSR count). The minimum atomic E-state index is 0.808. The number of aryl methyl sites for hydroxylation is 3. The zero-order valence-corrected chi connectivity index (χ0v) is 15.7. The monoisotopic (exact) mass is 343 g/mol. The summed E-state index contributed by atoms with van der Waals surface area (Å²) in [6, 6.07) is 6.26. The van der Waals surface area contributed by atoms with Gasteiger partial charge in [0.2, 0.25) is 0 Å². The molecule has 0 saturated carbocycles. The summed E-state index contributed by atoms with van der Waals surface area (Å²) in [6.07, 6.45) is 6.92. The molecule has 2 aromatic rings. The molecule has 25 heavy (non-hydrogen) atoms. The Kier molecular flexibility index (Phi) is 7.32. The van der Waals surface area contributed by atoms with Crippen molar-refractivity contribution < 1.29 is 4.74 Å². The fourth-order valence-corrected chi connectivity index (χ4v) is 2.74. The number of nitrogens with zero attached hydrogens (tertiary/aromatic N) is 3. The maximum absolute atomic E-state index is 5.43. The van der Waals surface area contributed by atoms with Crippen LogP contribution in [0, 0.1) is 6.92 Å². The van der Waals surface area contributed by atoms with Gasteiger partial charge in [-0.05, 0) is 43.4 Å². The molecule has 0 fully saturated rings. The molecule has 1 heterocycles. The van der Waals surface area contributed by atoms with Gasteiger partial charge in [0.05, 0.1) is 13.3 Å². The molecule has 0 amide bonds. The van der Waals surface area contributed by atoms with E-state index in [1.807, 2.05) is 24.0 Å². The molecule has 136 valence electrons. The minimum Gasteiger partial charge on any atom is -0.496 e. The van der Waals surface area contributed by atoms with Gasteiger partial charge in [0.15, 0.2) is 5.96 Å². The van der Waals surface area contributed by atoms with Crippen LogP contribution in [0.4, 0.5) is 0 Å². The number of aliphatic imine (C=N–C) groups is 1. The van der Waals surface area contributed by atoms with E-state index < -0.39 is 0 Å². The van der Waals surface area contributed by atoms with Gasteiger partial charge in [-0.15, -0.1) is 0 Å². The Labute approximate surface area is 150 Å². The Hall–Kier alpha value is -2.50. The molecule has 1 aromatic heterocycles. The summed E-state index contributed by atoms with van der Waals surface area (Å²) in [4.78, 5) is 4.27. The smallest absolute Gasteiger partial charge is 0.190 e. The molecular formula is C19H29N5O. The summed E-state index contributed by atoms with van der Waals surface area (Å²) in [5.41, 5.74) is 3.72. The highest BCUT2D eigenvalue weighted by Crippen LogP contribution is 2.19. The second-order valence-corrected chi connectivity index (χ2v) is 6.12. The van der Waals surface area contributed by atoms with Crippen molar-refractivity contribution in [2.45, 2.75) is 26.2 Å². The second kappa shape index (κ2) is 9.71. The average Bonchev–Trinajstić information content (AvgIpc) is 3.02. The second-order valence-electron chi connectivity index (χ2n) is 6.12. The number of guanidine groups is 1. The van der Waals surface area contributed by atoms with E-state index in [0.29, 0.717) is 0 Å². The molecule has 1 aromatic carbocycles. The third-order valence-corrected chi connectivity index (χ3v) is 4.04. The molecule has 0 aliphatic rings. The van der Waals surface area contributed by atoms with Crippen molar-refractivity contribution >= 4 is 5.96 Å². The van der Waals surface area contributed by atoms with Gasteiger partial charge in [0.25, 0.3) is 0 Å². The maximum Gasteiger partial charge on any atom is 0.190 e. The predicted octanol–water partition coefficient (Wildman–Crippen LogP) is 2.08. The van der Waals surface area contributed by atoms with Gasteiger partial charge in [-0.3, -0.25) is 9.67 Å². The van der Waals surface area contributed by atoms with Crippen molar-refractivity contribution in [3.05, 3.63) is 47.3 Å². The quantitative estimate of drug-likeness (QED) is 0.438. The van der Waals surface area contributed by atoms with Crippen LogP contribution in [0.3, 0.4) is 0 Å². The Balaban J connectivity index is 1.70. The van der Waals surface area contributed by atoms with Crippen LogP contribution in [-0.2, 0) is 19.9 Å². The molecule has 0 radical (unpaired) electrons. The lowest BCUT2D eigenvalue weighted by atomic mass is 10.1. The summed E-state index contributed by atoms with van der Waals surface area (Å²) >= 11 is 0. The van der Waals surface area contributed by atoms with Crippen LogP contribution in [0.25, 0.3) is 0 Å². The highest BCUT2D eigenvalue weighted by molar-refractivity contribution is 5.79. The number of aromatic nitrogens is 2. The van der Waals surface area contributed by atoms with E-state index in [2.05, 4.69) is 46.0 Å². The number of rotatable bonds is 8. The molecule has 6 nitrogen and oxygen atoms in total. The first-order chi connectivity index (χ1) is 12.1. The highest BCUT2D eigenvalue weighted by atomic mass is 16.5. The number of benzene rings is 1. The van der Waals surface area contributed by atoms with Crippen LogP contribution in [0.5, 0.6) is 5.75 Å². The largest absolute Gasteiger partial charge is 0.496 e. The zero-order valence-electron chi connectivity index (χ0n) is 15.7. The van der Waals surface area contributed by atoms with Crippen molar-refractivity contribution in [3.63, 3.8) is 0 Å². The standard InChI is InChI=1S/C19H29N5O/c1-15-7-8-18(25-4)17(12-15)9-11-22-19(20-2)21-10-5-6-16-13-23-24(3)14-16/h7-8,12-14H,5-6,9-11H2,1-4H3,(H2,20,21,22). The first-order valence-electron chi connectivity index (χ1n) is 8.68. The minimum absolute atomic E-state index is 0.808. The molecule has 0 atom stereocenters. The van der Waals surface area contributed by atoms with Crippen LogP contribution in [0.15, 0.2) is 35.6 Å². The number of nitrogens with one attached hydrogen (secondary N) is 2. The van der Waals surface area contributed by atoms with Crippen LogP contribution in [0.1, 0.15) is 23.1 Å². The van der Waals surface area contributed by atoms with Crippen LogP contribution < -0.4 is 15.4 Å². The first-order valence-corrected chi connectivity index (χ1v) is 8.68. The number of hydrogen-bond acceptors (Lipinski definition) is 3. The molecule has 2 N–H and O–H groups in total. The van der Waals surface area contributed by atoms with E-state index in [1.165, 1.54) is 16.7 Å². The molecule has 0 bridgehead atoms. The highest BCUT2D eigenvalue weighted by Gasteiger charge is 2.04. The Morgan fingerprint density at radius 1 is 1.24 bits per heavy atom. The predicted molar refractivity (Wildman–Crippen MR) is 102 cm³/mol. The van der Waals surface area contributed by atoms with Crippen molar-refractivity contribution in [2.75, 3.05) is 27.2 Å². The van der Waals surface area contributed by atoms with Gasteiger partial charge in [0, 0.05) is 33.4 Å². The van der Waals surface area contributed by atoms with E-state index in [1.54, 1.807) is 14.2 Å². The van der Waals surface area contributed by atoms with Crippen LogP contribution >= 0.6 is 0 Å². The number of methoxy groups -OCH3 is 1. The Bertz CT molecular complexity index is 693. The summed E-state index contributed by atoms with van der Waals surface area (Å²) in [6.45, 7) is 3.78. The van der Waals surface area contributed by atoms with Gasteiger partial charge in [-0.2, -0.15) is 5.10 Å². The van der Waals surface area contributed by atoms with E-state index in [9.17, 15) is 0 Å². The van der Waals surface area contributed by atoms with Gasteiger partial charge < -0.3 is 15.4 Å². The Morgan fingerprint density at radius 2 is 2.04 bits per heavy atom. The maximum atomic E-state index is 5.43. The fourth-order valence-electron chi connectivity index (χ4n) is 2.74. The van der Waals surface area contributed by atoms with E-state index in [4.69, 9.17) is 4.74 Å². The summed E-state index contributed by atoms with van der Waals surface area (Å²) < 4.78 is 7.26. The van der Waals surface area contributed by atoms with Crippen molar-refractivity contribution in [1.29, 1.82) is 0 Å². The molecule has 0 spiro atoms. The van der Waals surface area contributed by atoms with Gasteiger partial charge in [0.1, 0.15) is 5.75 Å². The molecule has 0 saturated heterocycles. The van der Waals surface area contributed by atoms with Gasteiger partial charge >= 0.3 is 0 Å². The number of hydrogen-bond donors (Lipinski definition) is 2. The fraction of sp³-hybridized carbons (Fsp3) is 0.474. The van der Waals surface area contributed by atoms with E-state index >= 15 is 0 Å². The zero-order chi connectivity index (χ0) is 18.1. The molecular weight excluding hydrogens is 314 g/mol. The molecule has 0 aliphatic heterocycles. The SMILES string of the molecule is CN=C(NCCCc1cnn(C)c1)NCCc1cc(C)ccc1OC. The van der Waals surface area contributed by atoms with E-state index in [0.717, 1.165) is 44.1 Å². The summed E-state index contributed by atoms with van der Waals surface area (Å²) in [7, 11) is 5.45. The lowest BCUT2D eigenvalue weighted by molar-refractivity contribution is 0.409. The number of ether oxygens (including phenoxy) is 1. The molecule has 6 heteroatoms. The summed E-state index contributed by atoms with van der Waals surface area (Å²) in [5.74, 6) is 1.77. The summed E-state index contributed by atoms with van der Waals surface area (Å²) in [5, 5.41) is 10.9. The average molecular weight is 343 g/mol.